The zero-order valence-corrected chi connectivity index (χ0v) is 16.7. The van der Waals surface area contributed by atoms with E-state index in [1.165, 1.54) is 5.56 Å². The number of nitrogens with one attached hydrogen (secondary N) is 1. The van der Waals surface area contributed by atoms with Gasteiger partial charge in [0.05, 0.1) is 12.7 Å². The Labute approximate surface area is 166 Å². The number of hydrogen-bond acceptors (Lipinski definition) is 4. The third-order valence-corrected chi connectivity index (χ3v) is 6.91. The summed E-state index contributed by atoms with van der Waals surface area (Å²) in [4.78, 5) is 20.3. The van der Waals surface area contributed by atoms with Crippen LogP contribution in [0, 0.1) is 17.8 Å². The molecular weight excluding hydrogens is 350 g/mol. The summed E-state index contributed by atoms with van der Waals surface area (Å²) in [5.74, 6) is 3.25. The number of H-pyrrole nitrogens is 1. The number of nitrogens with zero attached hydrogens (tertiary/aromatic N) is 2. The summed E-state index contributed by atoms with van der Waals surface area (Å²) in [6.45, 7) is 7.89. The Morgan fingerprint density at radius 2 is 1.96 bits per heavy atom. The summed E-state index contributed by atoms with van der Waals surface area (Å²) >= 11 is 0. The van der Waals surface area contributed by atoms with Gasteiger partial charge in [0.1, 0.15) is 5.82 Å². The van der Waals surface area contributed by atoms with E-state index in [0.717, 1.165) is 55.3 Å². The van der Waals surface area contributed by atoms with Crippen LogP contribution in [-0.4, -0.2) is 43.4 Å². The number of ether oxygens (including phenoxy) is 1. The number of anilines is 2. The number of morpholine rings is 1. The van der Waals surface area contributed by atoms with Crippen LogP contribution in [0.15, 0.2) is 47.3 Å². The van der Waals surface area contributed by atoms with Gasteiger partial charge in [-0.15, -0.1) is 0 Å². The summed E-state index contributed by atoms with van der Waals surface area (Å²) in [5, 5.41) is 0. The van der Waals surface area contributed by atoms with Crippen molar-refractivity contribution in [2.45, 2.75) is 32.4 Å². The first-order valence-corrected chi connectivity index (χ1v) is 10.5. The molecule has 5 nitrogen and oxygen atoms in total. The smallest absolute Gasteiger partial charge is 0.251 e. The number of piperidine rings is 1. The molecule has 1 saturated carbocycles. The molecule has 0 amide bonds. The molecule has 5 rings (SSSR count). The van der Waals surface area contributed by atoms with E-state index in [4.69, 9.17) is 4.74 Å². The first kappa shape index (κ1) is 17.8. The molecule has 3 fully saturated rings. The van der Waals surface area contributed by atoms with Crippen LogP contribution >= 0.6 is 0 Å². The Kier molecular flexibility index (Phi) is 4.43. The first-order valence-electron chi connectivity index (χ1n) is 10.5. The fraction of sp³-hybridized carbons (Fsp3) is 0.522. The molecule has 28 heavy (non-hydrogen) atoms. The number of rotatable bonds is 4. The molecular formula is C23H29N3O2. The van der Waals surface area contributed by atoms with Crippen LogP contribution in [0.1, 0.15) is 19.4 Å². The quantitative estimate of drug-likeness (QED) is 0.887. The van der Waals surface area contributed by atoms with Crippen LogP contribution in [0.2, 0.25) is 0 Å². The molecule has 3 heterocycles. The lowest BCUT2D eigenvalue weighted by atomic mass is 10.0. The van der Waals surface area contributed by atoms with Gasteiger partial charge < -0.3 is 19.5 Å². The maximum absolute atomic E-state index is 12.5. The largest absolute Gasteiger partial charge is 0.375 e. The van der Waals surface area contributed by atoms with Crippen molar-refractivity contribution in [3.05, 3.63) is 58.4 Å². The molecule has 1 aliphatic carbocycles. The van der Waals surface area contributed by atoms with Crippen LogP contribution in [0.4, 0.5) is 11.5 Å². The number of fused-ring (bicyclic) bond motifs is 1. The van der Waals surface area contributed by atoms with E-state index in [1.807, 2.05) is 0 Å². The Morgan fingerprint density at radius 3 is 2.75 bits per heavy atom. The minimum atomic E-state index is -0.0151. The van der Waals surface area contributed by atoms with E-state index >= 15 is 0 Å². The lowest BCUT2D eigenvalue weighted by molar-refractivity contribution is 0.0532. The standard InChI is InChI=1S/C23H29N3O2/c1-15-13-25(8-9-28-15)18-11-21(24-22(27)12-18)26-14-19-16(2)23(19)20(26)10-17-6-4-3-5-7-17/h3-7,11-12,15-16,19-20,23H,8-10,13-14H2,1-2H3,(H,24,27)/t15-,16-,19+,20-,23-/m1/s1. The van der Waals surface area contributed by atoms with Gasteiger partial charge in [0, 0.05) is 43.5 Å². The van der Waals surface area contributed by atoms with E-state index in [1.54, 1.807) is 6.07 Å². The minimum Gasteiger partial charge on any atom is -0.375 e. The molecule has 5 heteroatoms. The topological polar surface area (TPSA) is 48.6 Å². The van der Waals surface area contributed by atoms with Crippen LogP contribution in [-0.2, 0) is 11.2 Å². The van der Waals surface area contributed by atoms with Crippen molar-refractivity contribution in [2.75, 3.05) is 36.0 Å². The van der Waals surface area contributed by atoms with Gasteiger partial charge in [-0.2, -0.15) is 0 Å². The second-order valence-corrected chi connectivity index (χ2v) is 8.73. The SMILES string of the molecule is C[C@@H]1[C@@H]2CN(c3cc(N4CCO[C@H](C)C4)cc(=O)[nH]3)[C@H](Cc3ccccc3)[C@H]12. The highest BCUT2D eigenvalue weighted by molar-refractivity contribution is 5.57. The molecule has 5 atom stereocenters. The Balaban J connectivity index is 1.43. The second kappa shape index (κ2) is 6.96. The molecule has 1 N–H and O–H groups in total. The highest BCUT2D eigenvalue weighted by atomic mass is 16.5. The predicted octanol–water partition coefficient (Wildman–Crippen LogP) is 2.91. The van der Waals surface area contributed by atoms with Crippen molar-refractivity contribution in [1.82, 2.24) is 4.98 Å². The van der Waals surface area contributed by atoms with Crippen molar-refractivity contribution in [1.29, 1.82) is 0 Å². The van der Waals surface area contributed by atoms with Crippen molar-refractivity contribution in [2.24, 2.45) is 17.8 Å². The van der Waals surface area contributed by atoms with Crippen LogP contribution in [0.5, 0.6) is 0 Å². The first-order chi connectivity index (χ1) is 13.6. The number of aromatic amines is 1. The van der Waals surface area contributed by atoms with Crippen molar-refractivity contribution in [3.63, 3.8) is 0 Å². The van der Waals surface area contributed by atoms with Crippen LogP contribution in [0.25, 0.3) is 0 Å². The van der Waals surface area contributed by atoms with Gasteiger partial charge in [0.2, 0.25) is 0 Å². The number of hydrogen-bond donors (Lipinski definition) is 1. The summed E-state index contributed by atoms with van der Waals surface area (Å²) in [6.07, 6.45) is 1.23. The Hall–Kier alpha value is -2.27. The lowest BCUT2D eigenvalue weighted by Crippen LogP contribution is -2.42. The second-order valence-electron chi connectivity index (χ2n) is 8.73. The van der Waals surface area contributed by atoms with Gasteiger partial charge in [0.15, 0.2) is 0 Å². The highest BCUT2D eigenvalue weighted by Crippen LogP contribution is 2.56. The molecule has 2 aromatic rings. The highest BCUT2D eigenvalue weighted by Gasteiger charge is 2.58. The van der Waals surface area contributed by atoms with Gasteiger partial charge in [0.25, 0.3) is 5.56 Å². The van der Waals surface area contributed by atoms with Gasteiger partial charge in [-0.3, -0.25) is 4.79 Å². The van der Waals surface area contributed by atoms with Crippen molar-refractivity contribution < 1.29 is 4.74 Å². The van der Waals surface area contributed by atoms with Crippen molar-refractivity contribution in [3.8, 4) is 0 Å². The molecule has 3 aliphatic rings. The monoisotopic (exact) mass is 379 g/mol. The zero-order chi connectivity index (χ0) is 19.3. The normalized spacial score (nSPS) is 31.7. The molecule has 0 bridgehead atoms. The van der Waals surface area contributed by atoms with Gasteiger partial charge >= 0.3 is 0 Å². The lowest BCUT2D eigenvalue weighted by Gasteiger charge is -2.34. The van der Waals surface area contributed by atoms with Crippen LogP contribution in [0.3, 0.4) is 0 Å². The number of aromatic nitrogens is 1. The van der Waals surface area contributed by atoms with E-state index < -0.39 is 0 Å². The van der Waals surface area contributed by atoms with E-state index in [9.17, 15) is 4.79 Å². The molecule has 0 radical (unpaired) electrons. The summed E-state index contributed by atoms with van der Waals surface area (Å²) in [5.41, 5.74) is 2.37. The molecule has 0 spiro atoms. The van der Waals surface area contributed by atoms with Crippen LogP contribution < -0.4 is 15.4 Å². The Bertz CT molecular complexity index is 896. The van der Waals surface area contributed by atoms with Gasteiger partial charge in [-0.1, -0.05) is 37.3 Å². The van der Waals surface area contributed by atoms with E-state index in [-0.39, 0.29) is 11.7 Å². The summed E-state index contributed by atoms with van der Waals surface area (Å²) < 4.78 is 5.67. The molecule has 148 valence electrons. The molecule has 0 unspecified atom stereocenters. The maximum atomic E-state index is 12.5. The van der Waals surface area contributed by atoms with E-state index in [2.05, 4.69) is 65.0 Å². The molecule has 2 aliphatic heterocycles. The van der Waals surface area contributed by atoms with Crippen molar-refractivity contribution >= 4 is 11.5 Å². The fourth-order valence-corrected chi connectivity index (χ4v) is 5.36. The maximum Gasteiger partial charge on any atom is 0.251 e. The average molecular weight is 380 g/mol. The van der Waals surface area contributed by atoms with E-state index in [0.29, 0.717) is 12.6 Å². The molecule has 1 aromatic heterocycles. The average Bonchev–Trinajstić information content (AvgIpc) is 3.16. The zero-order valence-electron chi connectivity index (χ0n) is 16.7. The predicted molar refractivity (Wildman–Crippen MR) is 112 cm³/mol. The minimum absolute atomic E-state index is 0.0151. The number of pyridine rings is 1. The third-order valence-electron chi connectivity index (χ3n) is 6.91. The van der Waals surface area contributed by atoms with Gasteiger partial charge in [-0.05, 0) is 36.7 Å². The molecule has 1 aromatic carbocycles. The number of benzene rings is 1. The summed E-state index contributed by atoms with van der Waals surface area (Å²) in [6, 6.07) is 15.1. The molecule has 2 saturated heterocycles. The fourth-order valence-electron chi connectivity index (χ4n) is 5.36. The Morgan fingerprint density at radius 1 is 1.14 bits per heavy atom. The third kappa shape index (κ3) is 3.22. The van der Waals surface area contributed by atoms with Gasteiger partial charge in [-0.25, -0.2) is 0 Å². The summed E-state index contributed by atoms with van der Waals surface area (Å²) in [7, 11) is 0.